The van der Waals surface area contributed by atoms with Gasteiger partial charge in [0.25, 0.3) is 0 Å². The summed E-state index contributed by atoms with van der Waals surface area (Å²) in [5.41, 5.74) is 2.53. The molecule has 4 heteroatoms. The lowest BCUT2D eigenvalue weighted by molar-refractivity contribution is 0.537. The number of unbranched alkanes of at least 4 members (excludes halogenated alkanes) is 1. The summed E-state index contributed by atoms with van der Waals surface area (Å²) < 4.78 is 1.86. The molecule has 4 nitrogen and oxygen atoms in total. The fraction of sp³-hybridized carbons (Fsp3) is 0.357. The normalized spacial score (nSPS) is 10.2. The minimum atomic E-state index is 0.440. The van der Waals surface area contributed by atoms with E-state index < -0.39 is 0 Å². The van der Waals surface area contributed by atoms with Crippen LogP contribution in [0.25, 0.3) is 0 Å². The van der Waals surface area contributed by atoms with Crippen molar-refractivity contribution in [2.24, 2.45) is 0 Å². The van der Waals surface area contributed by atoms with Crippen LogP contribution in [0.15, 0.2) is 30.3 Å². The number of rotatable bonds is 5. The first-order chi connectivity index (χ1) is 8.85. The van der Waals surface area contributed by atoms with Gasteiger partial charge in [-0.25, -0.2) is 4.68 Å². The first-order valence-electron chi connectivity index (χ1n) is 6.21. The third-order valence-corrected chi connectivity index (χ3v) is 2.88. The van der Waals surface area contributed by atoms with E-state index in [0.717, 1.165) is 25.1 Å². The summed E-state index contributed by atoms with van der Waals surface area (Å²) in [4.78, 5) is 0. The van der Waals surface area contributed by atoms with Crippen LogP contribution in [0, 0.1) is 11.3 Å². The molecular formula is C14H16N4. The Morgan fingerprint density at radius 2 is 2.06 bits per heavy atom. The molecule has 0 aliphatic rings. The fourth-order valence-electron chi connectivity index (χ4n) is 1.87. The van der Waals surface area contributed by atoms with E-state index in [1.54, 1.807) is 0 Å². The van der Waals surface area contributed by atoms with Crippen molar-refractivity contribution < 1.29 is 0 Å². The summed E-state index contributed by atoms with van der Waals surface area (Å²) in [5, 5.41) is 17.1. The van der Waals surface area contributed by atoms with Gasteiger partial charge in [-0.05, 0) is 12.0 Å². The second-order valence-corrected chi connectivity index (χ2v) is 4.24. The van der Waals surface area contributed by atoms with E-state index in [-0.39, 0.29) is 0 Å². The van der Waals surface area contributed by atoms with Crippen LogP contribution in [0.2, 0.25) is 0 Å². The lowest BCUT2D eigenvalue weighted by Gasteiger charge is -2.05. The Kier molecular flexibility index (Phi) is 4.08. The zero-order valence-corrected chi connectivity index (χ0v) is 10.5. The molecule has 18 heavy (non-hydrogen) atoms. The predicted octanol–water partition coefficient (Wildman–Crippen LogP) is 2.54. The monoisotopic (exact) mass is 240 g/mol. The van der Waals surface area contributed by atoms with Crippen LogP contribution < -0.4 is 0 Å². The second kappa shape index (κ2) is 5.97. The molecule has 0 aliphatic heterocycles. The Hall–Kier alpha value is -2.15. The number of aryl methyl sites for hydroxylation is 1. The van der Waals surface area contributed by atoms with E-state index in [2.05, 4.69) is 35.4 Å². The second-order valence-electron chi connectivity index (χ2n) is 4.24. The highest BCUT2D eigenvalue weighted by Crippen LogP contribution is 2.12. The molecule has 0 amide bonds. The highest BCUT2D eigenvalue weighted by Gasteiger charge is 2.12. The van der Waals surface area contributed by atoms with Gasteiger partial charge in [-0.2, -0.15) is 5.26 Å². The summed E-state index contributed by atoms with van der Waals surface area (Å²) in [5.74, 6) is 0. The van der Waals surface area contributed by atoms with Crippen molar-refractivity contribution >= 4 is 0 Å². The highest BCUT2D eigenvalue weighted by atomic mass is 15.4. The predicted molar refractivity (Wildman–Crippen MR) is 68.9 cm³/mol. The number of benzene rings is 1. The largest absolute Gasteiger partial charge is 0.248 e. The van der Waals surface area contributed by atoms with E-state index in [0.29, 0.717) is 12.1 Å². The Balaban J connectivity index is 2.25. The van der Waals surface area contributed by atoms with Crippen LogP contribution in [-0.4, -0.2) is 15.0 Å². The number of hydrogen-bond donors (Lipinski definition) is 0. The number of nitrogens with zero attached hydrogens (tertiary/aromatic N) is 4. The average molecular weight is 240 g/mol. The third kappa shape index (κ3) is 2.75. The van der Waals surface area contributed by atoms with Gasteiger partial charge in [-0.15, -0.1) is 5.10 Å². The van der Waals surface area contributed by atoms with Gasteiger partial charge in [0.05, 0.1) is 5.69 Å². The summed E-state index contributed by atoms with van der Waals surface area (Å²) in [6.45, 7) is 2.96. The Morgan fingerprint density at radius 3 is 2.72 bits per heavy atom. The Labute approximate surface area is 107 Å². The third-order valence-electron chi connectivity index (χ3n) is 2.88. The van der Waals surface area contributed by atoms with Crippen LogP contribution in [0.5, 0.6) is 0 Å². The molecule has 0 N–H and O–H groups in total. The molecule has 1 heterocycles. The Morgan fingerprint density at radius 1 is 1.28 bits per heavy atom. The molecule has 0 fully saturated rings. The van der Waals surface area contributed by atoms with Crippen LogP contribution in [0.1, 0.15) is 36.7 Å². The molecule has 0 aliphatic carbocycles. The van der Waals surface area contributed by atoms with Gasteiger partial charge in [-0.3, -0.25) is 0 Å². The number of nitriles is 1. The van der Waals surface area contributed by atoms with Crippen LogP contribution >= 0.6 is 0 Å². The van der Waals surface area contributed by atoms with Crippen LogP contribution in [0.3, 0.4) is 0 Å². The van der Waals surface area contributed by atoms with Crippen molar-refractivity contribution in [1.82, 2.24) is 15.0 Å². The molecule has 0 unspecified atom stereocenters. The van der Waals surface area contributed by atoms with Crippen LogP contribution in [-0.2, 0) is 13.0 Å². The minimum absolute atomic E-state index is 0.440. The molecule has 0 saturated heterocycles. The lowest BCUT2D eigenvalue weighted by Crippen LogP contribution is -2.06. The lowest BCUT2D eigenvalue weighted by atomic mass is 10.1. The molecular weight excluding hydrogens is 224 g/mol. The van der Waals surface area contributed by atoms with Gasteiger partial charge in [0.15, 0.2) is 5.69 Å². The molecule has 0 radical (unpaired) electrons. The highest BCUT2D eigenvalue weighted by molar-refractivity contribution is 5.30. The van der Waals surface area contributed by atoms with Crippen molar-refractivity contribution in [3.63, 3.8) is 0 Å². The smallest absolute Gasteiger partial charge is 0.186 e. The molecule has 2 rings (SSSR count). The van der Waals surface area contributed by atoms with Crippen LogP contribution in [0.4, 0.5) is 0 Å². The maximum absolute atomic E-state index is 9.07. The van der Waals surface area contributed by atoms with Gasteiger partial charge in [0, 0.05) is 13.0 Å². The Bertz CT molecular complexity index is 537. The van der Waals surface area contributed by atoms with E-state index in [1.807, 2.05) is 22.9 Å². The molecule has 92 valence electrons. The van der Waals surface area contributed by atoms with E-state index in [4.69, 9.17) is 5.26 Å². The molecule has 1 aromatic carbocycles. The summed E-state index contributed by atoms with van der Waals surface area (Å²) >= 11 is 0. The number of hydrogen-bond acceptors (Lipinski definition) is 3. The molecule has 0 bridgehead atoms. The van der Waals surface area contributed by atoms with Crippen molar-refractivity contribution in [3.8, 4) is 6.07 Å². The maximum Gasteiger partial charge on any atom is 0.186 e. The summed E-state index contributed by atoms with van der Waals surface area (Å²) in [6, 6.07) is 12.2. The zero-order valence-electron chi connectivity index (χ0n) is 10.5. The topological polar surface area (TPSA) is 54.5 Å². The van der Waals surface area contributed by atoms with Crippen molar-refractivity contribution in [3.05, 3.63) is 47.3 Å². The van der Waals surface area contributed by atoms with Gasteiger partial charge >= 0.3 is 0 Å². The SMILES string of the molecule is CCCCn1nnc(C#N)c1Cc1ccccc1. The average Bonchev–Trinajstić information content (AvgIpc) is 2.80. The van der Waals surface area contributed by atoms with Crippen molar-refractivity contribution in [2.45, 2.75) is 32.7 Å². The summed E-state index contributed by atoms with van der Waals surface area (Å²) in [7, 11) is 0. The fourth-order valence-corrected chi connectivity index (χ4v) is 1.87. The van der Waals surface area contributed by atoms with Crippen molar-refractivity contribution in [2.75, 3.05) is 0 Å². The zero-order chi connectivity index (χ0) is 12.8. The van der Waals surface area contributed by atoms with Gasteiger partial charge in [-0.1, -0.05) is 48.9 Å². The van der Waals surface area contributed by atoms with E-state index in [1.165, 1.54) is 5.56 Å². The summed E-state index contributed by atoms with van der Waals surface area (Å²) in [6.07, 6.45) is 2.86. The maximum atomic E-state index is 9.07. The molecule has 0 saturated carbocycles. The molecule has 0 spiro atoms. The first-order valence-corrected chi connectivity index (χ1v) is 6.21. The van der Waals surface area contributed by atoms with E-state index >= 15 is 0 Å². The van der Waals surface area contributed by atoms with Gasteiger partial charge in [0.2, 0.25) is 0 Å². The molecule has 1 aromatic heterocycles. The van der Waals surface area contributed by atoms with E-state index in [9.17, 15) is 0 Å². The molecule has 2 aromatic rings. The standard InChI is InChI=1S/C14H16N4/c1-2-3-9-18-14(13(11-15)16-17-18)10-12-7-5-4-6-8-12/h4-8H,2-3,9-10H2,1H3. The van der Waals surface area contributed by atoms with Crippen molar-refractivity contribution in [1.29, 1.82) is 5.26 Å². The quantitative estimate of drug-likeness (QED) is 0.807. The first kappa shape index (κ1) is 12.3. The minimum Gasteiger partial charge on any atom is -0.248 e. The molecule has 0 atom stereocenters. The van der Waals surface area contributed by atoms with Gasteiger partial charge < -0.3 is 0 Å². The number of aromatic nitrogens is 3. The van der Waals surface area contributed by atoms with Gasteiger partial charge in [0.1, 0.15) is 6.07 Å².